The van der Waals surface area contributed by atoms with Gasteiger partial charge in [0.25, 0.3) is 0 Å². The number of anilines is 1. The van der Waals surface area contributed by atoms with Crippen LogP contribution in [-0.2, 0) is 10.0 Å². The monoisotopic (exact) mass is 329 g/mol. The zero-order chi connectivity index (χ0) is 15.8. The minimum atomic E-state index is -3.86. The SMILES string of the molecule is Cc1cnc(C(C)NS(=O)(=O)c2cc(N)c(C)c(F)c2)s1. The zero-order valence-electron chi connectivity index (χ0n) is 11.8. The van der Waals surface area contributed by atoms with Crippen LogP contribution in [0.5, 0.6) is 0 Å². The lowest BCUT2D eigenvalue weighted by atomic mass is 10.2. The number of aromatic nitrogens is 1. The van der Waals surface area contributed by atoms with E-state index in [1.807, 2.05) is 6.92 Å². The Bertz CT molecular complexity index is 748. The average molecular weight is 329 g/mol. The number of nitrogen functional groups attached to an aromatic ring is 1. The standard InChI is InChI=1S/C13H16FN3O2S2/c1-7-6-16-13(20-7)9(3)17-21(18,19)10-4-11(14)8(2)12(15)5-10/h4-6,9,17H,15H2,1-3H3. The van der Waals surface area contributed by atoms with E-state index in [1.54, 1.807) is 13.1 Å². The third-order valence-corrected chi connectivity index (χ3v) is 5.63. The molecule has 1 aromatic carbocycles. The zero-order valence-corrected chi connectivity index (χ0v) is 13.5. The predicted molar refractivity (Wildman–Crippen MR) is 81.1 cm³/mol. The van der Waals surface area contributed by atoms with Crippen molar-refractivity contribution in [2.24, 2.45) is 0 Å². The second-order valence-corrected chi connectivity index (χ2v) is 7.75. The van der Waals surface area contributed by atoms with Crippen molar-refractivity contribution in [3.8, 4) is 0 Å². The fourth-order valence-corrected chi connectivity index (χ4v) is 3.86. The maximum absolute atomic E-state index is 13.7. The fourth-order valence-electron chi connectivity index (χ4n) is 1.75. The van der Waals surface area contributed by atoms with E-state index in [0.717, 1.165) is 10.9 Å². The largest absolute Gasteiger partial charge is 0.398 e. The molecule has 0 saturated carbocycles. The number of nitrogens with one attached hydrogen (secondary N) is 1. The summed E-state index contributed by atoms with van der Waals surface area (Å²) in [5.74, 6) is -0.645. The quantitative estimate of drug-likeness (QED) is 0.844. The van der Waals surface area contributed by atoms with Crippen LogP contribution in [-0.4, -0.2) is 13.4 Å². The van der Waals surface area contributed by atoms with E-state index in [0.29, 0.717) is 5.01 Å². The average Bonchev–Trinajstić information content (AvgIpc) is 2.81. The van der Waals surface area contributed by atoms with Gasteiger partial charge in [-0.15, -0.1) is 11.3 Å². The molecule has 0 amide bonds. The molecule has 1 atom stereocenters. The van der Waals surface area contributed by atoms with Crippen molar-refractivity contribution in [3.05, 3.63) is 39.6 Å². The molecule has 0 radical (unpaired) electrons. The molecule has 0 aliphatic heterocycles. The molecule has 2 aromatic rings. The van der Waals surface area contributed by atoms with Gasteiger partial charge in [0.05, 0.1) is 10.9 Å². The summed E-state index contributed by atoms with van der Waals surface area (Å²) >= 11 is 1.40. The molecule has 1 unspecified atom stereocenters. The smallest absolute Gasteiger partial charge is 0.241 e. The number of rotatable bonds is 4. The van der Waals surface area contributed by atoms with Crippen LogP contribution in [0.3, 0.4) is 0 Å². The summed E-state index contributed by atoms with van der Waals surface area (Å²) in [6.07, 6.45) is 1.67. The highest BCUT2D eigenvalue weighted by Gasteiger charge is 2.22. The van der Waals surface area contributed by atoms with Crippen LogP contribution in [0, 0.1) is 19.7 Å². The van der Waals surface area contributed by atoms with Gasteiger partial charge in [0.15, 0.2) is 0 Å². The normalized spacial score (nSPS) is 13.3. The molecule has 0 bridgehead atoms. The van der Waals surface area contributed by atoms with Gasteiger partial charge in [-0.05, 0) is 32.9 Å². The highest BCUT2D eigenvalue weighted by molar-refractivity contribution is 7.89. The molecular formula is C13H16FN3O2S2. The Morgan fingerprint density at radius 2 is 2.05 bits per heavy atom. The molecule has 5 nitrogen and oxygen atoms in total. The van der Waals surface area contributed by atoms with E-state index in [2.05, 4.69) is 9.71 Å². The minimum Gasteiger partial charge on any atom is -0.398 e. The molecule has 0 aliphatic carbocycles. The molecule has 0 fully saturated rings. The van der Waals surface area contributed by atoms with E-state index < -0.39 is 21.9 Å². The van der Waals surface area contributed by atoms with Gasteiger partial charge >= 0.3 is 0 Å². The Morgan fingerprint density at radius 1 is 1.38 bits per heavy atom. The van der Waals surface area contributed by atoms with Crippen LogP contribution < -0.4 is 10.5 Å². The van der Waals surface area contributed by atoms with E-state index in [9.17, 15) is 12.8 Å². The number of thiazole rings is 1. The first-order valence-electron chi connectivity index (χ1n) is 6.21. The highest BCUT2D eigenvalue weighted by atomic mass is 32.2. The number of hydrogen-bond acceptors (Lipinski definition) is 5. The van der Waals surface area contributed by atoms with Gasteiger partial charge in [0.2, 0.25) is 10.0 Å². The molecule has 114 valence electrons. The van der Waals surface area contributed by atoms with Crippen LogP contribution in [0.25, 0.3) is 0 Å². The lowest BCUT2D eigenvalue weighted by Crippen LogP contribution is -2.27. The number of aryl methyl sites for hydroxylation is 1. The second-order valence-electron chi connectivity index (χ2n) is 4.77. The summed E-state index contributed by atoms with van der Waals surface area (Å²) in [5, 5.41) is 0.650. The Labute approximate surface area is 127 Å². The van der Waals surface area contributed by atoms with Crippen molar-refractivity contribution >= 4 is 27.0 Å². The number of nitrogens with zero attached hydrogens (tertiary/aromatic N) is 1. The number of nitrogens with two attached hydrogens (primary N) is 1. The van der Waals surface area contributed by atoms with Gasteiger partial charge in [-0.1, -0.05) is 0 Å². The van der Waals surface area contributed by atoms with Gasteiger partial charge in [0.1, 0.15) is 10.8 Å². The Kier molecular flexibility index (Phi) is 4.31. The van der Waals surface area contributed by atoms with Crippen LogP contribution in [0.2, 0.25) is 0 Å². The predicted octanol–water partition coefficient (Wildman–Crippen LogP) is 2.52. The van der Waals surface area contributed by atoms with Crippen LogP contribution in [0.1, 0.15) is 28.4 Å². The maximum Gasteiger partial charge on any atom is 0.241 e. The fraction of sp³-hybridized carbons (Fsp3) is 0.308. The lowest BCUT2D eigenvalue weighted by molar-refractivity contribution is 0.563. The van der Waals surface area contributed by atoms with Crippen LogP contribution in [0.15, 0.2) is 23.2 Å². The highest BCUT2D eigenvalue weighted by Crippen LogP contribution is 2.24. The second kappa shape index (κ2) is 5.70. The van der Waals surface area contributed by atoms with Crippen molar-refractivity contribution in [1.82, 2.24) is 9.71 Å². The third-order valence-electron chi connectivity index (χ3n) is 3.01. The van der Waals surface area contributed by atoms with Crippen molar-refractivity contribution in [3.63, 3.8) is 0 Å². The maximum atomic E-state index is 13.7. The molecule has 1 aromatic heterocycles. The Morgan fingerprint density at radius 3 is 2.57 bits per heavy atom. The first-order chi connectivity index (χ1) is 9.70. The van der Waals surface area contributed by atoms with Crippen LogP contribution in [0.4, 0.5) is 10.1 Å². The minimum absolute atomic E-state index is 0.105. The van der Waals surface area contributed by atoms with Crippen molar-refractivity contribution < 1.29 is 12.8 Å². The number of halogens is 1. The van der Waals surface area contributed by atoms with E-state index in [1.165, 1.54) is 24.3 Å². The summed E-state index contributed by atoms with van der Waals surface area (Å²) in [6.45, 7) is 5.07. The number of hydrogen-bond donors (Lipinski definition) is 2. The Hall–Kier alpha value is -1.51. The molecule has 21 heavy (non-hydrogen) atoms. The van der Waals surface area contributed by atoms with Crippen LogP contribution >= 0.6 is 11.3 Å². The van der Waals surface area contributed by atoms with E-state index in [4.69, 9.17) is 5.73 Å². The molecule has 2 rings (SSSR count). The van der Waals surface area contributed by atoms with E-state index in [-0.39, 0.29) is 16.1 Å². The summed E-state index contributed by atoms with van der Waals surface area (Å²) in [4.78, 5) is 4.93. The van der Waals surface area contributed by atoms with Crippen molar-refractivity contribution in [1.29, 1.82) is 0 Å². The van der Waals surface area contributed by atoms with Crippen molar-refractivity contribution in [2.45, 2.75) is 31.7 Å². The van der Waals surface area contributed by atoms with Crippen molar-refractivity contribution in [2.75, 3.05) is 5.73 Å². The van der Waals surface area contributed by atoms with Gasteiger partial charge in [-0.3, -0.25) is 0 Å². The molecular weight excluding hydrogens is 313 g/mol. The van der Waals surface area contributed by atoms with Gasteiger partial charge in [-0.25, -0.2) is 22.5 Å². The Balaban J connectivity index is 2.30. The first-order valence-corrected chi connectivity index (χ1v) is 8.51. The molecule has 0 saturated heterocycles. The number of sulfonamides is 1. The van der Waals surface area contributed by atoms with Gasteiger partial charge in [0, 0.05) is 22.3 Å². The molecule has 0 aliphatic rings. The van der Waals surface area contributed by atoms with Gasteiger partial charge in [-0.2, -0.15) is 0 Å². The molecule has 8 heteroatoms. The summed E-state index contributed by atoms with van der Waals surface area (Å²) < 4.78 is 40.7. The third kappa shape index (κ3) is 3.39. The molecule has 3 N–H and O–H groups in total. The topological polar surface area (TPSA) is 85.1 Å². The number of benzene rings is 1. The van der Waals surface area contributed by atoms with E-state index >= 15 is 0 Å². The first kappa shape index (κ1) is 15.9. The summed E-state index contributed by atoms with van der Waals surface area (Å²) in [6, 6.07) is 1.72. The molecule has 1 heterocycles. The lowest BCUT2D eigenvalue weighted by Gasteiger charge is -2.13. The van der Waals surface area contributed by atoms with Gasteiger partial charge < -0.3 is 5.73 Å². The molecule has 0 spiro atoms. The summed E-state index contributed by atoms with van der Waals surface area (Å²) in [7, 11) is -3.86. The summed E-state index contributed by atoms with van der Waals surface area (Å²) in [5.41, 5.74) is 5.96.